The minimum atomic E-state index is 0.755. The summed E-state index contributed by atoms with van der Waals surface area (Å²) in [6.45, 7) is 2.64. The lowest BCUT2D eigenvalue weighted by Crippen LogP contribution is -2.02. The molecule has 1 aromatic carbocycles. The van der Waals surface area contributed by atoms with Crippen LogP contribution in [0.25, 0.3) is 0 Å². The van der Waals surface area contributed by atoms with E-state index in [0.29, 0.717) is 0 Å². The molecule has 2 aromatic rings. The second-order valence-electron chi connectivity index (χ2n) is 3.46. The Morgan fingerprint density at radius 1 is 1.19 bits per heavy atom. The molecule has 0 bridgehead atoms. The molecule has 1 N–H and O–H groups in total. The second-order valence-corrected chi connectivity index (χ2v) is 4.27. The van der Waals surface area contributed by atoms with Crippen LogP contribution in [0.15, 0.2) is 41.0 Å². The third-order valence-corrected chi connectivity index (χ3v) is 2.53. The van der Waals surface area contributed by atoms with Crippen LogP contribution in [0.5, 0.6) is 0 Å². The van der Waals surface area contributed by atoms with Crippen molar-refractivity contribution in [2.24, 2.45) is 0 Å². The molecule has 3 nitrogen and oxygen atoms in total. The Hall–Kier alpha value is -1.42. The van der Waals surface area contributed by atoms with Gasteiger partial charge in [0.1, 0.15) is 16.2 Å². The highest BCUT2D eigenvalue weighted by molar-refractivity contribution is 9.10. The predicted molar refractivity (Wildman–Crippen MR) is 68.2 cm³/mol. The molecule has 0 spiro atoms. The number of halogens is 1. The number of anilines is 1. The van der Waals surface area contributed by atoms with E-state index in [1.165, 1.54) is 5.56 Å². The zero-order valence-electron chi connectivity index (χ0n) is 8.94. The number of rotatable bonds is 3. The first-order chi connectivity index (χ1) is 7.74. The normalized spacial score (nSPS) is 10.1. The van der Waals surface area contributed by atoms with Gasteiger partial charge in [-0.2, -0.15) is 0 Å². The number of nitrogens with one attached hydrogen (secondary N) is 1. The van der Waals surface area contributed by atoms with Gasteiger partial charge in [0.2, 0.25) is 0 Å². The first-order valence-corrected chi connectivity index (χ1v) is 5.82. The van der Waals surface area contributed by atoms with Crippen molar-refractivity contribution in [2.75, 3.05) is 5.32 Å². The van der Waals surface area contributed by atoms with E-state index in [4.69, 9.17) is 0 Å². The van der Waals surface area contributed by atoms with Gasteiger partial charge >= 0.3 is 0 Å². The third-order valence-electron chi connectivity index (χ3n) is 2.12. The van der Waals surface area contributed by atoms with Crippen molar-refractivity contribution in [1.29, 1.82) is 0 Å². The van der Waals surface area contributed by atoms with Gasteiger partial charge in [-0.1, -0.05) is 30.3 Å². The van der Waals surface area contributed by atoms with Crippen LogP contribution in [0.4, 0.5) is 5.82 Å². The maximum atomic E-state index is 4.30. The molecule has 1 heterocycles. The van der Waals surface area contributed by atoms with E-state index in [9.17, 15) is 0 Å². The smallest absolute Gasteiger partial charge is 0.131 e. The van der Waals surface area contributed by atoms with Gasteiger partial charge in [0.15, 0.2) is 0 Å². The first kappa shape index (κ1) is 11.1. The average Bonchev–Trinajstić information content (AvgIpc) is 2.27. The summed E-state index contributed by atoms with van der Waals surface area (Å²) < 4.78 is 0.801. The molecular formula is C12H12BrN3. The lowest BCUT2D eigenvalue weighted by atomic mass is 10.2. The zero-order chi connectivity index (χ0) is 11.4. The molecule has 4 heteroatoms. The number of aryl methyl sites for hydroxylation is 1. The lowest BCUT2D eigenvalue weighted by molar-refractivity contribution is 1.01. The highest BCUT2D eigenvalue weighted by Crippen LogP contribution is 2.12. The predicted octanol–water partition coefficient (Wildman–Crippen LogP) is 3.16. The minimum absolute atomic E-state index is 0.755. The van der Waals surface area contributed by atoms with Crippen LogP contribution in [0.3, 0.4) is 0 Å². The van der Waals surface area contributed by atoms with Crippen molar-refractivity contribution in [3.8, 4) is 0 Å². The van der Waals surface area contributed by atoms with E-state index in [2.05, 4.69) is 43.3 Å². The van der Waals surface area contributed by atoms with Crippen LogP contribution < -0.4 is 5.32 Å². The number of aromatic nitrogens is 2. The van der Waals surface area contributed by atoms with Crippen molar-refractivity contribution >= 4 is 21.7 Å². The molecule has 1 aromatic heterocycles. The highest BCUT2D eigenvalue weighted by Gasteiger charge is 1.99. The molecule has 0 saturated carbocycles. The van der Waals surface area contributed by atoms with Gasteiger partial charge in [-0.3, -0.25) is 0 Å². The monoisotopic (exact) mass is 277 g/mol. The number of benzene rings is 1. The van der Waals surface area contributed by atoms with Crippen molar-refractivity contribution in [1.82, 2.24) is 9.97 Å². The van der Waals surface area contributed by atoms with Crippen molar-refractivity contribution in [2.45, 2.75) is 13.5 Å². The van der Waals surface area contributed by atoms with Crippen LogP contribution in [0.2, 0.25) is 0 Å². The Labute approximate surface area is 103 Å². The summed E-state index contributed by atoms with van der Waals surface area (Å²) in [4.78, 5) is 8.45. The second kappa shape index (κ2) is 5.07. The third kappa shape index (κ3) is 3.03. The lowest BCUT2D eigenvalue weighted by Gasteiger charge is -2.06. The van der Waals surface area contributed by atoms with Gasteiger partial charge < -0.3 is 5.32 Å². The molecule has 2 rings (SSSR count). The van der Waals surface area contributed by atoms with E-state index in [1.54, 1.807) is 0 Å². The van der Waals surface area contributed by atoms with Gasteiger partial charge in [-0.25, -0.2) is 9.97 Å². The molecule has 0 saturated heterocycles. The molecule has 82 valence electrons. The number of hydrogen-bond acceptors (Lipinski definition) is 3. The summed E-state index contributed by atoms with van der Waals surface area (Å²) in [6, 6.07) is 12.1. The maximum absolute atomic E-state index is 4.30. The molecule has 0 atom stereocenters. The molecule has 16 heavy (non-hydrogen) atoms. The quantitative estimate of drug-likeness (QED) is 0.876. The number of hydrogen-bond donors (Lipinski definition) is 1. The Balaban J connectivity index is 2.05. The van der Waals surface area contributed by atoms with E-state index in [1.807, 2.05) is 31.2 Å². The van der Waals surface area contributed by atoms with E-state index < -0.39 is 0 Å². The Bertz CT molecular complexity index is 451. The molecule has 0 fully saturated rings. The van der Waals surface area contributed by atoms with Gasteiger partial charge in [-0.05, 0) is 28.4 Å². The zero-order valence-corrected chi connectivity index (χ0v) is 10.5. The van der Waals surface area contributed by atoms with Gasteiger partial charge in [0, 0.05) is 12.6 Å². The number of nitrogens with zero attached hydrogens (tertiary/aromatic N) is 2. The van der Waals surface area contributed by atoms with E-state index >= 15 is 0 Å². The average molecular weight is 278 g/mol. The molecule has 0 radical (unpaired) electrons. The SMILES string of the molecule is Cc1nc(Br)cc(NCc2ccccc2)n1. The summed E-state index contributed by atoms with van der Waals surface area (Å²) in [6.07, 6.45) is 0. The van der Waals surface area contributed by atoms with Crippen LogP contribution in [0.1, 0.15) is 11.4 Å². The van der Waals surface area contributed by atoms with Crippen LogP contribution in [-0.2, 0) is 6.54 Å². The van der Waals surface area contributed by atoms with E-state index in [-0.39, 0.29) is 0 Å². The molecule has 0 aliphatic rings. The standard InChI is InChI=1S/C12H12BrN3/c1-9-15-11(13)7-12(16-9)14-8-10-5-3-2-4-6-10/h2-7H,8H2,1H3,(H,14,15,16). The van der Waals surface area contributed by atoms with Crippen molar-refractivity contribution < 1.29 is 0 Å². The summed E-state index contributed by atoms with van der Waals surface area (Å²) >= 11 is 3.35. The van der Waals surface area contributed by atoms with Gasteiger partial charge in [0.25, 0.3) is 0 Å². The van der Waals surface area contributed by atoms with Crippen molar-refractivity contribution in [3.63, 3.8) is 0 Å². The molecule has 0 aliphatic heterocycles. The van der Waals surface area contributed by atoms with E-state index in [0.717, 1.165) is 22.8 Å². The van der Waals surface area contributed by atoms with Gasteiger partial charge in [0.05, 0.1) is 0 Å². The molecular weight excluding hydrogens is 266 g/mol. The topological polar surface area (TPSA) is 37.8 Å². The fourth-order valence-electron chi connectivity index (χ4n) is 1.41. The molecule has 0 amide bonds. The summed E-state index contributed by atoms with van der Waals surface area (Å²) in [7, 11) is 0. The first-order valence-electron chi connectivity index (χ1n) is 5.03. The Morgan fingerprint density at radius 2 is 1.94 bits per heavy atom. The molecule has 0 aliphatic carbocycles. The van der Waals surface area contributed by atoms with Crippen molar-refractivity contribution in [3.05, 3.63) is 52.4 Å². The van der Waals surface area contributed by atoms with Crippen LogP contribution in [0, 0.1) is 6.92 Å². The van der Waals surface area contributed by atoms with Crippen LogP contribution >= 0.6 is 15.9 Å². The maximum Gasteiger partial charge on any atom is 0.131 e. The summed E-state index contributed by atoms with van der Waals surface area (Å²) in [5.74, 6) is 1.59. The minimum Gasteiger partial charge on any atom is -0.366 e. The fraction of sp³-hybridized carbons (Fsp3) is 0.167. The largest absolute Gasteiger partial charge is 0.366 e. The molecule has 0 unspecified atom stereocenters. The Morgan fingerprint density at radius 3 is 2.62 bits per heavy atom. The summed E-state index contributed by atoms with van der Waals surface area (Å²) in [5.41, 5.74) is 1.23. The van der Waals surface area contributed by atoms with Crippen LogP contribution in [-0.4, -0.2) is 9.97 Å². The highest BCUT2D eigenvalue weighted by atomic mass is 79.9. The summed E-state index contributed by atoms with van der Waals surface area (Å²) in [5, 5.41) is 3.26. The fourth-order valence-corrected chi connectivity index (χ4v) is 1.88. The Kier molecular flexibility index (Phi) is 3.51. The van der Waals surface area contributed by atoms with Gasteiger partial charge in [-0.15, -0.1) is 0 Å².